The Kier molecular flexibility index (Phi) is 6.69. The van der Waals surface area contributed by atoms with E-state index in [2.05, 4.69) is 48.5 Å². The second kappa shape index (κ2) is 9.43. The molecule has 0 fully saturated rings. The van der Waals surface area contributed by atoms with Crippen molar-refractivity contribution in [1.29, 1.82) is 0 Å². The number of halogens is 2. The highest BCUT2D eigenvalue weighted by Gasteiger charge is 2.48. The molecule has 0 bridgehead atoms. The van der Waals surface area contributed by atoms with Gasteiger partial charge in [0, 0.05) is 53.4 Å². The van der Waals surface area contributed by atoms with E-state index < -0.39 is 0 Å². The molecule has 0 saturated carbocycles. The summed E-state index contributed by atoms with van der Waals surface area (Å²) in [5, 5.41) is 0.673. The number of hydrogen-bond donors (Lipinski definition) is 0. The fraction of sp³-hybridized carbons (Fsp3) is 0.419. The van der Waals surface area contributed by atoms with Gasteiger partial charge in [0.15, 0.2) is 11.6 Å². The number of Topliss-reactive ketones (excluding diaryl/α,β-unsaturated/α-hetero) is 2. The molecule has 194 valence electrons. The van der Waals surface area contributed by atoms with Gasteiger partial charge >= 0.3 is 0 Å². The summed E-state index contributed by atoms with van der Waals surface area (Å²) in [6, 6.07) is 13.5. The van der Waals surface area contributed by atoms with E-state index in [-0.39, 0.29) is 28.3 Å². The van der Waals surface area contributed by atoms with Crippen LogP contribution in [0.3, 0.4) is 0 Å². The zero-order valence-electron chi connectivity index (χ0n) is 22.1. The van der Waals surface area contributed by atoms with E-state index >= 15 is 0 Å². The standard InChI is InChI=1S/C31H33BrClNO3/c1-30(2)13-22-28(24(35)15-30)27(29-23(34(22)5)14-31(3,4)16-25(29)36)19-9-10-26(21(32)12-19)37-17-18-7-6-8-20(33)11-18/h6-12,27H,13-17H2,1-5H3. The van der Waals surface area contributed by atoms with Crippen molar-refractivity contribution in [2.24, 2.45) is 10.8 Å². The summed E-state index contributed by atoms with van der Waals surface area (Å²) in [6.07, 6.45) is 2.60. The molecule has 1 aliphatic heterocycles. The number of carbonyl (C=O) groups excluding carboxylic acids is 2. The fourth-order valence-corrected chi connectivity index (χ4v) is 6.82. The molecule has 1 heterocycles. The minimum atomic E-state index is -0.355. The lowest BCUT2D eigenvalue weighted by Crippen LogP contribution is -2.43. The van der Waals surface area contributed by atoms with E-state index in [1.165, 1.54) is 0 Å². The van der Waals surface area contributed by atoms with Gasteiger partial charge in [-0.2, -0.15) is 0 Å². The maximum Gasteiger partial charge on any atom is 0.162 e. The minimum absolute atomic E-state index is 0.112. The van der Waals surface area contributed by atoms with Crippen molar-refractivity contribution < 1.29 is 14.3 Å². The molecule has 0 spiro atoms. The molecule has 0 unspecified atom stereocenters. The largest absolute Gasteiger partial charge is 0.488 e. The molecule has 0 radical (unpaired) electrons. The van der Waals surface area contributed by atoms with Gasteiger partial charge in [0.25, 0.3) is 0 Å². The highest BCUT2D eigenvalue weighted by molar-refractivity contribution is 9.10. The molecular weight excluding hydrogens is 550 g/mol. The third-order valence-electron chi connectivity index (χ3n) is 7.75. The second-order valence-electron chi connectivity index (χ2n) is 12.2. The van der Waals surface area contributed by atoms with E-state index in [9.17, 15) is 9.59 Å². The van der Waals surface area contributed by atoms with Gasteiger partial charge in [-0.25, -0.2) is 0 Å². The first-order chi connectivity index (χ1) is 17.3. The summed E-state index contributed by atoms with van der Waals surface area (Å²) < 4.78 is 6.87. The zero-order valence-corrected chi connectivity index (χ0v) is 24.4. The van der Waals surface area contributed by atoms with Crippen molar-refractivity contribution >= 4 is 39.1 Å². The van der Waals surface area contributed by atoms with Crippen molar-refractivity contribution in [2.45, 2.75) is 65.9 Å². The van der Waals surface area contributed by atoms with Gasteiger partial charge in [-0.05, 0) is 75.0 Å². The number of allylic oxidation sites excluding steroid dienone is 4. The van der Waals surface area contributed by atoms with Crippen LogP contribution < -0.4 is 4.74 Å². The van der Waals surface area contributed by atoms with Crippen molar-refractivity contribution in [1.82, 2.24) is 4.90 Å². The topological polar surface area (TPSA) is 46.6 Å². The predicted molar refractivity (Wildman–Crippen MR) is 151 cm³/mol. The highest BCUT2D eigenvalue weighted by Crippen LogP contribution is 2.54. The number of ketones is 2. The number of ether oxygens (including phenoxy) is 1. The molecule has 5 rings (SSSR count). The Labute approximate surface area is 232 Å². The Hall–Kier alpha value is -2.37. The van der Waals surface area contributed by atoms with Crippen LogP contribution in [-0.2, 0) is 16.2 Å². The quantitative estimate of drug-likeness (QED) is 0.366. The zero-order chi connectivity index (χ0) is 26.7. The van der Waals surface area contributed by atoms with Crippen molar-refractivity contribution in [3.8, 4) is 5.75 Å². The lowest BCUT2D eigenvalue weighted by atomic mass is 9.64. The van der Waals surface area contributed by atoms with E-state index in [1.54, 1.807) is 0 Å². The predicted octanol–water partition coefficient (Wildman–Crippen LogP) is 8.00. The van der Waals surface area contributed by atoms with Gasteiger partial charge in [0.1, 0.15) is 12.4 Å². The van der Waals surface area contributed by atoms with E-state index in [4.69, 9.17) is 16.3 Å². The van der Waals surface area contributed by atoms with Gasteiger partial charge in [-0.3, -0.25) is 9.59 Å². The Bertz CT molecular complexity index is 1320. The fourth-order valence-electron chi connectivity index (χ4n) is 6.10. The van der Waals surface area contributed by atoms with E-state index in [0.29, 0.717) is 30.2 Å². The number of rotatable bonds is 4. The molecule has 37 heavy (non-hydrogen) atoms. The number of carbonyl (C=O) groups is 2. The molecule has 0 amide bonds. The number of hydrogen-bond acceptors (Lipinski definition) is 4. The maximum atomic E-state index is 13.7. The van der Waals surface area contributed by atoms with E-state index in [0.717, 1.165) is 51.0 Å². The second-order valence-corrected chi connectivity index (χ2v) is 13.5. The van der Waals surface area contributed by atoms with Crippen molar-refractivity contribution in [3.05, 3.63) is 85.6 Å². The molecule has 0 N–H and O–H groups in total. The van der Waals surface area contributed by atoms with Gasteiger partial charge < -0.3 is 9.64 Å². The molecule has 0 saturated heterocycles. The first kappa shape index (κ1) is 26.2. The molecule has 2 aliphatic carbocycles. The first-order valence-corrected chi connectivity index (χ1v) is 14.0. The summed E-state index contributed by atoms with van der Waals surface area (Å²) in [7, 11) is 2.03. The van der Waals surface area contributed by atoms with E-state index in [1.807, 2.05) is 49.5 Å². The Balaban J connectivity index is 1.56. The summed E-state index contributed by atoms with van der Waals surface area (Å²) in [5.74, 6) is 0.633. The van der Waals surface area contributed by atoms with Crippen LogP contribution in [0.4, 0.5) is 0 Å². The third kappa shape index (κ3) is 5.05. The monoisotopic (exact) mass is 581 g/mol. The Morgan fingerprint density at radius 1 is 0.919 bits per heavy atom. The van der Waals surface area contributed by atoms with Crippen LogP contribution in [0, 0.1) is 10.8 Å². The minimum Gasteiger partial charge on any atom is -0.488 e. The SMILES string of the molecule is CN1C2=C(C(=O)CC(C)(C)C2)C(c2ccc(OCc3cccc(Cl)c3)c(Br)c2)C2=C1CC(C)(C)CC2=O. The van der Waals surface area contributed by atoms with Crippen LogP contribution >= 0.6 is 27.5 Å². The van der Waals surface area contributed by atoms with Crippen molar-refractivity contribution in [2.75, 3.05) is 7.05 Å². The normalized spacial score (nSPS) is 21.2. The molecule has 6 heteroatoms. The lowest BCUT2D eigenvalue weighted by Gasteiger charge is -2.47. The maximum absolute atomic E-state index is 13.7. The van der Waals surface area contributed by atoms with Gasteiger partial charge in [-0.1, -0.05) is 57.5 Å². The van der Waals surface area contributed by atoms with Crippen LogP contribution in [0.1, 0.15) is 70.4 Å². The van der Waals surface area contributed by atoms with Crippen LogP contribution in [0.5, 0.6) is 5.75 Å². The third-order valence-corrected chi connectivity index (χ3v) is 8.61. The first-order valence-electron chi connectivity index (χ1n) is 12.8. The summed E-state index contributed by atoms with van der Waals surface area (Å²) in [4.78, 5) is 29.5. The van der Waals surface area contributed by atoms with Gasteiger partial charge in [0.2, 0.25) is 0 Å². The average Bonchev–Trinajstić information content (AvgIpc) is 2.78. The van der Waals surface area contributed by atoms with Gasteiger partial charge in [-0.15, -0.1) is 0 Å². The molecule has 0 atom stereocenters. The summed E-state index contributed by atoms with van der Waals surface area (Å²) in [6.45, 7) is 9.00. The molecule has 4 nitrogen and oxygen atoms in total. The molecule has 3 aliphatic rings. The van der Waals surface area contributed by atoms with Crippen LogP contribution in [-0.4, -0.2) is 23.5 Å². The lowest BCUT2D eigenvalue weighted by molar-refractivity contribution is -0.119. The Morgan fingerprint density at radius 3 is 2.05 bits per heavy atom. The highest BCUT2D eigenvalue weighted by atomic mass is 79.9. The molecule has 0 aromatic heterocycles. The molecular formula is C31H33BrClNO3. The van der Waals surface area contributed by atoms with Crippen LogP contribution in [0.25, 0.3) is 0 Å². The molecule has 2 aromatic carbocycles. The smallest absolute Gasteiger partial charge is 0.162 e. The summed E-state index contributed by atoms with van der Waals surface area (Å²) in [5.41, 5.74) is 5.40. The van der Waals surface area contributed by atoms with Crippen molar-refractivity contribution in [3.63, 3.8) is 0 Å². The van der Waals surface area contributed by atoms with Crippen LogP contribution in [0.2, 0.25) is 5.02 Å². The number of benzene rings is 2. The summed E-state index contributed by atoms with van der Waals surface area (Å²) >= 11 is 9.81. The van der Waals surface area contributed by atoms with Gasteiger partial charge in [0.05, 0.1) is 4.47 Å². The van der Waals surface area contributed by atoms with Crippen LogP contribution in [0.15, 0.2) is 69.5 Å². The Morgan fingerprint density at radius 2 is 1.51 bits per heavy atom. The average molecular weight is 583 g/mol. The number of nitrogens with zero attached hydrogens (tertiary/aromatic N) is 1. The molecule has 2 aromatic rings.